The highest BCUT2D eigenvalue weighted by Crippen LogP contribution is 2.25. The molecule has 0 unspecified atom stereocenters. The first-order valence-corrected chi connectivity index (χ1v) is 5.54. The van der Waals surface area contributed by atoms with E-state index in [0.29, 0.717) is 5.95 Å². The van der Waals surface area contributed by atoms with Gasteiger partial charge >= 0.3 is 0 Å². The molecule has 0 aliphatic carbocycles. The van der Waals surface area contributed by atoms with E-state index in [1.54, 1.807) is 6.20 Å². The third-order valence-corrected chi connectivity index (χ3v) is 3.01. The van der Waals surface area contributed by atoms with Gasteiger partial charge < -0.3 is 15.8 Å². The maximum Gasteiger partial charge on any atom is 0.221 e. The van der Waals surface area contributed by atoms with Gasteiger partial charge in [-0.2, -0.15) is 4.98 Å². The summed E-state index contributed by atoms with van der Waals surface area (Å²) >= 11 is 0. The molecule has 1 fully saturated rings. The number of ether oxygens (including phenoxy) is 1. The van der Waals surface area contributed by atoms with E-state index < -0.39 is 0 Å². The molecule has 2 rings (SSSR count). The maximum atomic E-state index is 5.59. The molecule has 0 bridgehead atoms. The fraction of sp³-hybridized carbons (Fsp3) is 0.636. The van der Waals surface area contributed by atoms with Crippen molar-refractivity contribution < 1.29 is 4.74 Å². The number of aromatic nitrogens is 2. The van der Waals surface area contributed by atoms with Gasteiger partial charge in [0, 0.05) is 30.5 Å². The van der Waals surface area contributed by atoms with Crippen LogP contribution >= 0.6 is 0 Å². The van der Waals surface area contributed by atoms with Gasteiger partial charge in [-0.3, -0.25) is 0 Å². The van der Waals surface area contributed by atoms with E-state index in [1.807, 2.05) is 6.92 Å². The minimum absolute atomic E-state index is 0.0454. The number of nitrogens with one attached hydrogen (secondary N) is 1. The van der Waals surface area contributed by atoms with E-state index in [-0.39, 0.29) is 5.54 Å². The predicted octanol–water partition coefficient (Wildman–Crippen LogP) is 1.35. The summed E-state index contributed by atoms with van der Waals surface area (Å²) < 4.78 is 5.36. The van der Waals surface area contributed by atoms with Crippen molar-refractivity contribution in [3.05, 3.63) is 11.8 Å². The number of aryl methyl sites for hydroxylation is 1. The first kappa shape index (κ1) is 11.1. The summed E-state index contributed by atoms with van der Waals surface area (Å²) in [5.41, 5.74) is 6.65. The summed E-state index contributed by atoms with van der Waals surface area (Å²) in [6, 6.07) is 0. The molecule has 2 heterocycles. The summed E-state index contributed by atoms with van der Waals surface area (Å²) in [5, 5.41) is 3.46. The third-order valence-electron chi connectivity index (χ3n) is 3.01. The molecule has 0 aromatic carbocycles. The van der Waals surface area contributed by atoms with E-state index in [2.05, 4.69) is 22.2 Å². The molecule has 0 amide bonds. The summed E-state index contributed by atoms with van der Waals surface area (Å²) in [7, 11) is 0. The number of hydrogen-bond acceptors (Lipinski definition) is 5. The Bertz CT molecular complexity index is 374. The largest absolute Gasteiger partial charge is 0.381 e. The number of anilines is 2. The van der Waals surface area contributed by atoms with Crippen LogP contribution < -0.4 is 11.1 Å². The van der Waals surface area contributed by atoms with E-state index >= 15 is 0 Å². The van der Waals surface area contributed by atoms with Gasteiger partial charge in [0.15, 0.2) is 0 Å². The van der Waals surface area contributed by atoms with Crippen molar-refractivity contribution >= 4 is 11.8 Å². The molecule has 1 aliphatic rings. The van der Waals surface area contributed by atoms with E-state index in [9.17, 15) is 0 Å². The normalized spacial score (nSPS) is 19.4. The summed E-state index contributed by atoms with van der Waals surface area (Å²) in [5.74, 6) is 1.14. The monoisotopic (exact) mass is 222 g/mol. The number of rotatable bonds is 2. The van der Waals surface area contributed by atoms with Gasteiger partial charge in [0.05, 0.1) is 0 Å². The molecule has 1 aliphatic heterocycles. The van der Waals surface area contributed by atoms with Gasteiger partial charge in [-0.1, -0.05) is 0 Å². The second kappa shape index (κ2) is 4.25. The van der Waals surface area contributed by atoms with Crippen LogP contribution in [0.25, 0.3) is 0 Å². The van der Waals surface area contributed by atoms with E-state index in [0.717, 1.165) is 37.4 Å². The molecule has 88 valence electrons. The van der Waals surface area contributed by atoms with Crippen molar-refractivity contribution in [2.75, 3.05) is 24.3 Å². The Labute approximate surface area is 95.4 Å². The lowest BCUT2D eigenvalue weighted by Gasteiger charge is -2.35. The molecular weight excluding hydrogens is 204 g/mol. The van der Waals surface area contributed by atoms with Gasteiger partial charge in [0.25, 0.3) is 0 Å². The molecule has 5 heteroatoms. The highest BCUT2D eigenvalue weighted by atomic mass is 16.5. The number of hydrogen-bond donors (Lipinski definition) is 2. The van der Waals surface area contributed by atoms with Crippen molar-refractivity contribution in [3.8, 4) is 0 Å². The summed E-state index contributed by atoms with van der Waals surface area (Å²) in [6.07, 6.45) is 3.71. The zero-order valence-electron chi connectivity index (χ0n) is 9.79. The maximum absolute atomic E-state index is 5.59. The molecule has 1 aromatic heterocycles. The van der Waals surface area contributed by atoms with Gasteiger partial charge in [0.2, 0.25) is 5.95 Å². The standard InChI is InChI=1S/C11H18N4O/c1-8-7-13-10(12)14-9(8)15-11(2)3-5-16-6-4-11/h7H,3-6H2,1-2H3,(H3,12,13,14,15). The first-order valence-electron chi connectivity index (χ1n) is 5.54. The van der Waals surface area contributed by atoms with E-state index in [1.165, 1.54) is 0 Å². The Balaban J connectivity index is 2.15. The zero-order chi connectivity index (χ0) is 11.6. The average molecular weight is 222 g/mol. The lowest BCUT2D eigenvalue weighted by molar-refractivity contribution is 0.0657. The zero-order valence-corrected chi connectivity index (χ0v) is 9.79. The molecule has 16 heavy (non-hydrogen) atoms. The van der Waals surface area contributed by atoms with Crippen LogP contribution in [0.4, 0.5) is 11.8 Å². The van der Waals surface area contributed by atoms with Crippen LogP contribution in [-0.4, -0.2) is 28.7 Å². The fourth-order valence-electron chi connectivity index (χ4n) is 1.82. The molecule has 1 saturated heterocycles. The van der Waals surface area contributed by atoms with Crippen molar-refractivity contribution in [2.45, 2.75) is 32.2 Å². The van der Waals surface area contributed by atoms with Crippen LogP contribution in [0.3, 0.4) is 0 Å². The summed E-state index contributed by atoms with van der Waals surface area (Å²) in [4.78, 5) is 8.18. The van der Waals surface area contributed by atoms with Crippen LogP contribution in [0.5, 0.6) is 0 Å². The lowest BCUT2D eigenvalue weighted by Crippen LogP contribution is -2.41. The van der Waals surface area contributed by atoms with Gasteiger partial charge in [-0.25, -0.2) is 4.98 Å². The highest BCUT2D eigenvalue weighted by molar-refractivity contribution is 5.47. The van der Waals surface area contributed by atoms with Crippen molar-refractivity contribution in [2.24, 2.45) is 0 Å². The second-order valence-corrected chi connectivity index (χ2v) is 4.56. The van der Waals surface area contributed by atoms with Crippen molar-refractivity contribution in [1.82, 2.24) is 9.97 Å². The fourth-order valence-corrected chi connectivity index (χ4v) is 1.82. The SMILES string of the molecule is Cc1cnc(N)nc1NC1(C)CCOCC1. The van der Waals surface area contributed by atoms with Crippen LogP contribution in [0.15, 0.2) is 6.20 Å². The number of nitrogens with zero attached hydrogens (tertiary/aromatic N) is 2. The van der Waals surface area contributed by atoms with Gasteiger partial charge in [-0.15, -0.1) is 0 Å². The third kappa shape index (κ3) is 2.41. The Morgan fingerprint density at radius 2 is 2.12 bits per heavy atom. The molecule has 0 saturated carbocycles. The van der Waals surface area contributed by atoms with Gasteiger partial charge in [0.1, 0.15) is 5.82 Å². The summed E-state index contributed by atoms with van der Waals surface area (Å²) in [6.45, 7) is 5.75. The number of nitrogen functional groups attached to an aromatic ring is 1. The minimum Gasteiger partial charge on any atom is -0.381 e. The van der Waals surface area contributed by atoms with Crippen LogP contribution in [0, 0.1) is 6.92 Å². The molecule has 1 aromatic rings. The van der Waals surface area contributed by atoms with Crippen molar-refractivity contribution in [3.63, 3.8) is 0 Å². The quantitative estimate of drug-likeness (QED) is 0.790. The molecule has 0 atom stereocenters. The Morgan fingerprint density at radius 3 is 2.81 bits per heavy atom. The average Bonchev–Trinajstić information content (AvgIpc) is 2.24. The van der Waals surface area contributed by atoms with Crippen LogP contribution in [0.1, 0.15) is 25.3 Å². The van der Waals surface area contributed by atoms with Crippen LogP contribution in [0.2, 0.25) is 0 Å². The molecular formula is C11H18N4O. The molecule has 0 spiro atoms. The highest BCUT2D eigenvalue weighted by Gasteiger charge is 2.27. The Hall–Kier alpha value is -1.36. The minimum atomic E-state index is 0.0454. The van der Waals surface area contributed by atoms with Crippen LogP contribution in [-0.2, 0) is 4.74 Å². The van der Waals surface area contributed by atoms with Crippen molar-refractivity contribution in [1.29, 1.82) is 0 Å². The van der Waals surface area contributed by atoms with E-state index in [4.69, 9.17) is 10.5 Å². The topological polar surface area (TPSA) is 73.1 Å². The molecule has 5 nitrogen and oxygen atoms in total. The predicted molar refractivity (Wildman–Crippen MR) is 63.3 cm³/mol. The lowest BCUT2D eigenvalue weighted by atomic mass is 9.92. The molecule has 3 N–H and O–H groups in total. The first-order chi connectivity index (χ1) is 7.59. The smallest absolute Gasteiger partial charge is 0.221 e. The Kier molecular flexibility index (Phi) is 2.96. The van der Waals surface area contributed by atoms with Gasteiger partial charge in [-0.05, 0) is 26.7 Å². The second-order valence-electron chi connectivity index (χ2n) is 4.56. The number of nitrogens with two attached hydrogens (primary N) is 1. The Morgan fingerprint density at radius 1 is 1.44 bits per heavy atom. The molecule has 0 radical (unpaired) electrons.